The first kappa shape index (κ1) is 17.2. The molecule has 0 aromatic carbocycles. The lowest BCUT2D eigenvalue weighted by atomic mass is 10.1. The summed E-state index contributed by atoms with van der Waals surface area (Å²) in [6.45, 7) is 0.256. The van der Waals surface area contributed by atoms with Crippen molar-refractivity contribution in [1.82, 2.24) is 15.0 Å². The lowest BCUT2D eigenvalue weighted by Gasteiger charge is -2.13. The van der Waals surface area contributed by atoms with E-state index in [4.69, 9.17) is 22.2 Å². The minimum absolute atomic E-state index is 0.127. The number of hydrogen-bond acceptors (Lipinski definition) is 7. The van der Waals surface area contributed by atoms with Crippen molar-refractivity contribution in [1.29, 1.82) is 0 Å². The molecular weight excluding hydrogens is 361 g/mol. The predicted octanol–water partition coefficient (Wildman–Crippen LogP) is 2.73. The van der Waals surface area contributed by atoms with Crippen LogP contribution in [0, 0.1) is 0 Å². The van der Waals surface area contributed by atoms with Crippen LogP contribution in [-0.4, -0.2) is 33.3 Å². The number of nitrogens with one attached hydrogen (secondary N) is 1. The van der Waals surface area contributed by atoms with Gasteiger partial charge in [0, 0.05) is 18.8 Å². The summed E-state index contributed by atoms with van der Waals surface area (Å²) in [6.07, 6.45) is -2.16. The van der Waals surface area contributed by atoms with Gasteiger partial charge in [-0.3, -0.25) is 0 Å². The van der Waals surface area contributed by atoms with Crippen LogP contribution in [0.3, 0.4) is 0 Å². The summed E-state index contributed by atoms with van der Waals surface area (Å²) in [5, 5.41) is 6.66. The highest BCUT2D eigenvalue weighted by atomic mass is 35.5. The zero-order chi connectivity index (χ0) is 18.0. The lowest BCUT2D eigenvalue weighted by Crippen LogP contribution is -2.21. The molecule has 0 saturated heterocycles. The number of nitrogen functional groups attached to an aromatic ring is 1. The van der Waals surface area contributed by atoms with Crippen LogP contribution in [-0.2, 0) is 11.0 Å². The van der Waals surface area contributed by atoms with Gasteiger partial charge in [0.25, 0.3) is 0 Å². The molecule has 2 aromatic heterocycles. The van der Waals surface area contributed by atoms with Crippen LogP contribution in [0.15, 0.2) is 29.7 Å². The molecule has 11 heteroatoms. The number of anilines is 2. The Morgan fingerprint density at radius 2 is 2.16 bits per heavy atom. The lowest BCUT2D eigenvalue weighted by molar-refractivity contribution is -0.137. The molecule has 0 unspecified atom stereocenters. The van der Waals surface area contributed by atoms with E-state index in [9.17, 15) is 13.2 Å². The average Bonchev–Trinajstić information content (AvgIpc) is 3.02. The molecular formula is C14H12ClF3N6O. The molecule has 3 rings (SSSR count). The molecule has 3 N–H and O–H groups in total. The number of oxime groups is 1. The largest absolute Gasteiger partial charge is 0.417 e. The van der Waals surface area contributed by atoms with Crippen molar-refractivity contribution in [2.45, 2.75) is 18.7 Å². The number of rotatable bonds is 4. The normalized spacial score (nSPS) is 17.1. The summed E-state index contributed by atoms with van der Waals surface area (Å²) in [6, 6.07) is 2.47. The van der Waals surface area contributed by atoms with Crippen LogP contribution < -0.4 is 11.1 Å². The number of nitrogens with zero attached hydrogens (tertiary/aromatic N) is 4. The third kappa shape index (κ3) is 4.08. The first-order valence-corrected chi connectivity index (χ1v) is 7.49. The van der Waals surface area contributed by atoms with Crippen LogP contribution in [0.4, 0.5) is 24.9 Å². The van der Waals surface area contributed by atoms with Gasteiger partial charge < -0.3 is 15.9 Å². The standard InChI is InChI=1S/C14H12ClF3N6O/c15-9-3-7(14(16,17)18)5-21-12(9)22-6-8-4-11(24-25-8)10-1-2-20-13(19)23-10/h1-3,5,8H,4,6H2,(H,21,22)(H2,19,20,23)/t8-/m0/s1. The second kappa shape index (κ2) is 6.71. The molecule has 0 amide bonds. The smallest absolute Gasteiger partial charge is 0.390 e. The molecule has 0 bridgehead atoms. The minimum Gasteiger partial charge on any atom is -0.390 e. The maximum Gasteiger partial charge on any atom is 0.417 e. The van der Waals surface area contributed by atoms with Gasteiger partial charge in [-0.05, 0) is 12.1 Å². The van der Waals surface area contributed by atoms with E-state index < -0.39 is 11.7 Å². The number of halogens is 4. The van der Waals surface area contributed by atoms with Gasteiger partial charge in [0.2, 0.25) is 5.95 Å². The Morgan fingerprint density at radius 3 is 2.84 bits per heavy atom. The molecule has 0 fully saturated rings. The van der Waals surface area contributed by atoms with Crippen LogP contribution in [0.1, 0.15) is 17.7 Å². The van der Waals surface area contributed by atoms with E-state index in [0.717, 1.165) is 12.3 Å². The number of pyridine rings is 1. The van der Waals surface area contributed by atoms with Gasteiger partial charge in [0.05, 0.1) is 22.8 Å². The van der Waals surface area contributed by atoms with Crippen LogP contribution in [0.2, 0.25) is 5.02 Å². The molecule has 25 heavy (non-hydrogen) atoms. The summed E-state index contributed by atoms with van der Waals surface area (Å²) in [5.41, 5.74) is 5.77. The highest BCUT2D eigenvalue weighted by Gasteiger charge is 2.31. The Hall–Kier alpha value is -2.62. The van der Waals surface area contributed by atoms with Crippen LogP contribution in [0.5, 0.6) is 0 Å². The van der Waals surface area contributed by atoms with E-state index >= 15 is 0 Å². The van der Waals surface area contributed by atoms with Gasteiger partial charge in [-0.1, -0.05) is 16.8 Å². The van der Waals surface area contributed by atoms with Gasteiger partial charge >= 0.3 is 6.18 Å². The van der Waals surface area contributed by atoms with Gasteiger partial charge in [-0.25, -0.2) is 15.0 Å². The highest BCUT2D eigenvalue weighted by molar-refractivity contribution is 6.32. The number of nitrogens with two attached hydrogens (primary N) is 1. The van der Waals surface area contributed by atoms with E-state index in [1.54, 1.807) is 6.07 Å². The molecule has 7 nitrogen and oxygen atoms in total. The van der Waals surface area contributed by atoms with E-state index in [2.05, 4.69) is 25.4 Å². The molecule has 1 aliphatic heterocycles. The molecule has 1 atom stereocenters. The second-order valence-corrected chi connectivity index (χ2v) is 5.61. The zero-order valence-electron chi connectivity index (χ0n) is 12.6. The van der Waals surface area contributed by atoms with E-state index in [1.165, 1.54) is 6.20 Å². The monoisotopic (exact) mass is 372 g/mol. The fourth-order valence-electron chi connectivity index (χ4n) is 2.16. The summed E-state index contributed by atoms with van der Waals surface area (Å²) in [5.74, 6) is 0.264. The maximum atomic E-state index is 12.6. The van der Waals surface area contributed by atoms with Crippen molar-refractivity contribution in [2.24, 2.45) is 5.16 Å². The highest BCUT2D eigenvalue weighted by Crippen LogP contribution is 2.32. The van der Waals surface area contributed by atoms with Crippen LogP contribution >= 0.6 is 11.6 Å². The van der Waals surface area contributed by atoms with Crippen molar-refractivity contribution in [2.75, 3.05) is 17.6 Å². The van der Waals surface area contributed by atoms with Gasteiger partial charge in [-0.15, -0.1) is 0 Å². The first-order chi connectivity index (χ1) is 11.8. The number of alkyl halides is 3. The summed E-state index contributed by atoms with van der Waals surface area (Å²) >= 11 is 5.84. The molecule has 2 aromatic rings. The Morgan fingerprint density at radius 1 is 1.36 bits per heavy atom. The van der Waals surface area contributed by atoms with Gasteiger partial charge in [0.1, 0.15) is 17.6 Å². The zero-order valence-corrected chi connectivity index (χ0v) is 13.3. The predicted molar refractivity (Wildman–Crippen MR) is 85.2 cm³/mol. The molecule has 1 aliphatic rings. The minimum atomic E-state index is -4.49. The maximum absolute atomic E-state index is 12.6. The van der Waals surface area contributed by atoms with E-state index in [-0.39, 0.29) is 29.4 Å². The molecule has 132 valence electrons. The van der Waals surface area contributed by atoms with Crippen molar-refractivity contribution in [3.8, 4) is 0 Å². The van der Waals surface area contributed by atoms with Crippen molar-refractivity contribution in [3.63, 3.8) is 0 Å². The molecule has 0 aliphatic carbocycles. The third-order valence-corrected chi connectivity index (χ3v) is 3.66. The Bertz CT molecular complexity index is 813. The molecule has 0 radical (unpaired) electrons. The van der Waals surface area contributed by atoms with E-state index in [0.29, 0.717) is 17.8 Å². The number of aromatic nitrogens is 3. The first-order valence-electron chi connectivity index (χ1n) is 7.11. The van der Waals surface area contributed by atoms with Crippen LogP contribution in [0.25, 0.3) is 0 Å². The third-order valence-electron chi connectivity index (χ3n) is 3.37. The van der Waals surface area contributed by atoms with Crippen molar-refractivity contribution in [3.05, 3.63) is 40.8 Å². The Balaban J connectivity index is 1.59. The van der Waals surface area contributed by atoms with Crippen molar-refractivity contribution >= 4 is 29.1 Å². The number of hydrogen-bond donors (Lipinski definition) is 2. The summed E-state index contributed by atoms with van der Waals surface area (Å²) < 4.78 is 37.8. The van der Waals surface area contributed by atoms with E-state index in [1.807, 2.05) is 0 Å². The van der Waals surface area contributed by atoms with Gasteiger partial charge in [-0.2, -0.15) is 13.2 Å². The fraction of sp³-hybridized carbons (Fsp3) is 0.286. The molecule has 0 spiro atoms. The van der Waals surface area contributed by atoms with Crippen molar-refractivity contribution < 1.29 is 18.0 Å². The van der Waals surface area contributed by atoms with Gasteiger partial charge in [0.15, 0.2) is 0 Å². The second-order valence-electron chi connectivity index (χ2n) is 5.20. The quantitative estimate of drug-likeness (QED) is 0.856. The topological polar surface area (TPSA) is 98.3 Å². The fourth-order valence-corrected chi connectivity index (χ4v) is 2.39. The Labute approximate surface area is 145 Å². The molecule has 3 heterocycles. The SMILES string of the molecule is Nc1nccc(C2=NO[C@H](CNc3ncc(C(F)(F)F)cc3Cl)C2)n1. The summed E-state index contributed by atoms with van der Waals surface area (Å²) in [7, 11) is 0. The molecule has 0 saturated carbocycles. The summed E-state index contributed by atoms with van der Waals surface area (Å²) in [4.78, 5) is 16.8. The Kier molecular flexibility index (Phi) is 4.62. The average molecular weight is 373 g/mol.